The predicted octanol–water partition coefficient (Wildman–Crippen LogP) is 26.0. The average molecular weight is 2050 g/mol. The molecular formula is C93H72Ir3N3O9S3-3. The summed E-state index contributed by atoms with van der Waals surface area (Å²) in [4.78, 5) is 48.1. The van der Waals surface area contributed by atoms with Crippen molar-refractivity contribution in [2.45, 2.75) is 62.3 Å². The Labute approximate surface area is 694 Å². The molecule has 0 aliphatic carbocycles. The monoisotopic (exact) mass is 2050 g/mol. The number of allylic oxidation sites excluding steroid dienone is 6. The van der Waals surface area contributed by atoms with Crippen molar-refractivity contribution in [2.75, 3.05) is 0 Å². The van der Waals surface area contributed by atoms with E-state index in [1.807, 2.05) is 109 Å². The largest absolute Gasteiger partial charge is 0.512 e. The van der Waals surface area contributed by atoms with Crippen LogP contribution in [0.2, 0.25) is 0 Å². The number of nitrogens with zero attached hydrogens (tertiary/aromatic N) is 3. The Morgan fingerprint density at radius 3 is 1.01 bits per heavy atom. The van der Waals surface area contributed by atoms with E-state index in [0.29, 0.717) is 0 Å². The molecule has 0 saturated heterocycles. The molecule has 12 nitrogen and oxygen atoms in total. The van der Waals surface area contributed by atoms with Crippen molar-refractivity contribution < 1.29 is 103 Å². The van der Waals surface area contributed by atoms with Gasteiger partial charge in [-0.05, 0) is 144 Å². The zero-order valence-corrected chi connectivity index (χ0v) is 71.2. The molecular weight excluding hydrogens is 1980 g/mol. The molecule has 0 spiro atoms. The second-order valence-corrected chi connectivity index (χ2v) is 29.2. The molecule has 561 valence electrons. The fourth-order valence-electron chi connectivity index (χ4n) is 12.7. The molecule has 0 unspecified atom stereocenters. The number of aromatic nitrogens is 3. The first-order chi connectivity index (χ1) is 52.2. The Kier molecular flexibility index (Phi) is 27.8. The van der Waals surface area contributed by atoms with Crippen molar-refractivity contribution >= 4 is 147 Å². The Balaban J connectivity index is 0.000000155. The maximum Gasteiger partial charge on any atom is 0.155 e. The van der Waals surface area contributed by atoms with Crippen molar-refractivity contribution in [3.8, 4) is 65.1 Å². The second kappa shape index (κ2) is 37.3. The van der Waals surface area contributed by atoms with Gasteiger partial charge >= 0.3 is 0 Å². The number of benzene rings is 9. The van der Waals surface area contributed by atoms with Gasteiger partial charge in [0.05, 0.1) is 34.0 Å². The normalized spacial score (nSPS) is 11.3. The van der Waals surface area contributed by atoms with Gasteiger partial charge < -0.3 is 43.5 Å². The molecule has 3 radical (unpaired) electrons. The number of carbonyl (C=O) groups is 3. The first kappa shape index (κ1) is 82.8. The summed E-state index contributed by atoms with van der Waals surface area (Å²) < 4.78 is 22.2. The van der Waals surface area contributed by atoms with E-state index >= 15 is 0 Å². The summed E-state index contributed by atoms with van der Waals surface area (Å²) in [5.74, 6) is -0.187. The predicted molar refractivity (Wildman–Crippen MR) is 445 cm³/mol. The van der Waals surface area contributed by atoms with Crippen molar-refractivity contribution in [3.05, 3.63) is 307 Å². The molecule has 3 N–H and O–H groups in total. The molecule has 9 heterocycles. The van der Waals surface area contributed by atoms with E-state index in [1.165, 1.54) is 122 Å². The number of hydrogen-bond donors (Lipinski definition) is 3. The van der Waals surface area contributed by atoms with Crippen LogP contribution in [0.15, 0.2) is 286 Å². The van der Waals surface area contributed by atoms with E-state index in [4.69, 9.17) is 43.5 Å². The molecule has 0 amide bonds. The van der Waals surface area contributed by atoms with E-state index < -0.39 is 0 Å². The van der Waals surface area contributed by atoms with Gasteiger partial charge in [0.1, 0.15) is 16.7 Å². The third-order valence-corrected chi connectivity index (χ3v) is 20.8. The van der Waals surface area contributed by atoms with Gasteiger partial charge in [-0.2, -0.15) is 0 Å². The van der Waals surface area contributed by atoms with E-state index in [2.05, 4.69) is 178 Å². The minimum absolute atomic E-state index is 0. The quantitative estimate of drug-likeness (QED) is 0.0705. The number of thiophene rings is 3. The van der Waals surface area contributed by atoms with Crippen LogP contribution in [-0.4, -0.2) is 47.6 Å². The molecule has 111 heavy (non-hydrogen) atoms. The maximum atomic E-state index is 10.0. The summed E-state index contributed by atoms with van der Waals surface area (Å²) in [5.41, 5.74) is 18.3. The molecule has 9 aromatic carbocycles. The number of pyridine rings is 3. The molecule has 18 aromatic rings. The number of furan rings is 3. The molecule has 0 aliphatic heterocycles. The first-order valence-corrected chi connectivity index (χ1v) is 37.1. The number of hydrogen-bond acceptors (Lipinski definition) is 15. The van der Waals surface area contributed by atoms with Crippen LogP contribution in [0, 0.1) is 39.0 Å². The fraction of sp³-hybridized carbons (Fsp3) is 0.0968. The summed E-state index contributed by atoms with van der Waals surface area (Å²) in [5, 5.41) is 35.2. The average Bonchev–Trinajstić information content (AvgIpc) is 1.63. The molecule has 0 fully saturated rings. The summed E-state index contributed by atoms with van der Waals surface area (Å²) in [7, 11) is 0. The van der Waals surface area contributed by atoms with Crippen molar-refractivity contribution in [1.29, 1.82) is 0 Å². The SMILES string of the molecule is CC(=O)C=C(C)O.CC(=O)C=C(C)O.CC(=O)C=C(C)O.Cc1ccc(-c2cc3cnc(-c4[c-]ccc5c4oc4ccccc45)cc3s2)cc1.Cc1cccc(C)c1-c1cc2cnc(-c3[c-]ccc4c3oc3ccccc34)cc2s1.[Ir].[Ir].[Ir].[c-]1ccc2c(oc3ccccc32)c1-c1cc2sc(-c3ccccc3)cc2cn1. The number of aliphatic hydroxyl groups excluding tert-OH is 3. The van der Waals surface area contributed by atoms with Crippen molar-refractivity contribution in [3.63, 3.8) is 0 Å². The van der Waals surface area contributed by atoms with Crippen LogP contribution in [-0.2, 0) is 74.7 Å². The molecule has 0 saturated carbocycles. The first-order valence-electron chi connectivity index (χ1n) is 34.7. The molecule has 0 bridgehead atoms. The Morgan fingerprint density at radius 1 is 0.360 bits per heavy atom. The van der Waals surface area contributed by atoms with Gasteiger partial charge in [0.25, 0.3) is 0 Å². The molecule has 0 aliphatic rings. The Bertz CT molecular complexity index is 6400. The van der Waals surface area contributed by atoms with Crippen molar-refractivity contribution in [1.82, 2.24) is 15.0 Å². The van der Waals surface area contributed by atoms with Crippen LogP contribution in [0.1, 0.15) is 58.2 Å². The number of rotatable bonds is 9. The minimum Gasteiger partial charge on any atom is -0.512 e. The van der Waals surface area contributed by atoms with Gasteiger partial charge in [-0.1, -0.05) is 184 Å². The van der Waals surface area contributed by atoms with Crippen LogP contribution >= 0.6 is 34.0 Å². The van der Waals surface area contributed by atoms with Crippen LogP contribution < -0.4 is 0 Å². The topological polar surface area (TPSA) is 190 Å². The number of carbonyl (C=O) groups excluding carboxylic acids is 3. The summed E-state index contributed by atoms with van der Waals surface area (Å²) in [6.07, 6.45) is 9.37. The maximum absolute atomic E-state index is 10.0. The fourth-order valence-corrected chi connectivity index (χ4v) is 16.1. The number of fused-ring (bicyclic) bond motifs is 12. The van der Waals surface area contributed by atoms with Crippen LogP contribution in [0.5, 0.6) is 0 Å². The summed E-state index contributed by atoms with van der Waals surface area (Å²) in [6.45, 7) is 15.0. The van der Waals surface area contributed by atoms with Gasteiger partial charge in [0.2, 0.25) is 0 Å². The number of ketones is 3. The number of aliphatic hydroxyl groups is 3. The molecule has 0 atom stereocenters. The van der Waals surface area contributed by atoms with Gasteiger partial charge in [0.15, 0.2) is 17.3 Å². The van der Waals surface area contributed by atoms with Gasteiger partial charge in [0, 0.05) is 158 Å². The van der Waals surface area contributed by atoms with Gasteiger partial charge in [-0.3, -0.25) is 14.4 Å². The Morgan fingerprint density at radius 2 is 0.676 bits per heavy atom. The zero-order valence-electron chi connectivity index (χ0n) is 61.6. The van der Waals surface area contributed by atoms with E-state index in [9.17, 15) is 14.4 Å². The van der Waals surface area contributed by atoms with Gasteiger partial charge in [-0.15, -0.1) is 88.6 Å². The van der Waals surface area contributed by atoms with Gasteiger partial charge in [-0.25, -0.2) is 0 Å². The van der Waals surface area contributed by atoms with E-state index in [0.717, 1.165) is 116 Å². The number of aryl methyl sites for hydroxylation is 3. The second-order valence-electron chi connectivity index (χ2n) is 25.9. The van der Waals surface area contributed by atoms with Crippen LogP contribution in [0.4, 0.5) is 0 Å². The molecule has 18 heteroatoms. The molecule has 18 rings (SSSR count). The van der Waals surface area contributed by atoms with Crippen molar-refractivity contribution in [2.24, 2.45) is 0 Å². The third kappa shape index (κ3) is 19.5. The summed E-state index contributed by atoms with van der Waals surface area (Å²) in [6, 6.07) is 85.2. The smallest absolute Gasteiger partial charge is 0.155 e. The molecule has 9 aromatic heterocycles. The van der Waals surface area contributed by atoms with Crippen LogP contribution in [0.3, 0.4) is 0 Å². The minimum atomic E-state index is -0.125. The van der Waals surface area contributed by atoms with E-state index in [-0.39, 0.29) is 94.9 Å². The Hall–Kier alpha value is -10.7. The standard InChI is InChI=1S/C27H18NOS.C26H16NOS.C25H14NOS.3C5H8O2.3Ir/c1-16-7-5-8-17(2)26(16)25-13-18-15-28-22(14-24(18)30-25)21-11-6-10-20-19-9-3-4-12-23(19)29-27(20)21;1-16-9-11-17(12-10-16)24-13-18-15-27-22(14-25(18)29-24)21-7-4-6-20-19-5-2-3-8-23(19)28-26(20)21;1-2-7-16(8-3-1)23-13-17-15-26-21(14-24(17)28-23)20-11-6-10-19-18-9-4-5-12-22(18)27-25(19)20;3*1-4(6)3-5(2)7;;;/h3-10,12-15H,1-2H3;2-6,8-15H,1H3;1-10,12-15H;3*3,6H,1-2H3;;;/q3*-1;;;;;;. The number of para-hydroxylation sites is 3. The third-order valence-electron chi connectivity index (χ3n) is 17.3. The van der Waals surface area contributed by atoms with E-state index in [1.54, 1.807) is 22.7 Å². The van der Waals surface area contributed by atoms with Crippen LogP contribution in [0.25, 0.3) is 161 Å². The zero-order chi connectivity index (χ0) is 75.7. The summed E-state index contributed by atoms with van der Waals surface area (Å²) >= 11 is 5.39.